The van der Waals surface area contributed by atoms with Crippen molar-refractivity contribution in [2.75, 3.05) is 31.9 Å². The molecule has 3 fully saturated rings. The number of nitrogens with two attached hydrogens (primary N) is 2. The highest BCUT2D eigenvalue weighted by Crippen LogP contribution is 2.34. The van der Waals surface area contributed by atoms with Gasteiger partial charge in [0.15, 0.2) is 0 Å². The molecule has 23 heteroatoms. The number of benzene rings is 1. The maximum Gasteiger partial charge on any atom is 0.315 e. The summed E-state index contributed by atoms with van der Waals surface area (Å²) in [6, 6.07) is 4.21. The van der Waals surface area contributed by atoms with Crippen LogP contribution in [0, 0.1) is 11.8 Å². The van der Waals surface area contributed by atoms with Crippen LogP contribution in [0.15, 0.2) is 30.5 Å². The molecule has 386 valence electrons. The molecule has 0 radical (unpaired) electrons. The van der Waals surface area contributed by atoms with Crippen LogP contribution in [0.3, 0.4) is 0 Å². The minimum absolute atomic E-state index is 0.000577. The number of amides is 10. The van der Waals surface area contributed by atoms with Gasteiger partial charge in [0.25, 0.3) is 0 Å². The predicted octanol–water partition coefficient (Wildman–Crippen LogP) is 0.116. The van der Waals surface area contributed by atoms with Crippen LogP contribution in [0.5, 0.6) is 0 Å². The van der Waals surface area contributed by atoms with Crippen molar-refractivity contribution < 1.29 is 48.4 Å². The van der Waals surface area contributed by atoms with Crippen molar-refractivity contribution in [1.82, 2.24) is 53.0 Å². The van der Waals surface area contributed by atoms with Crippen molar-refractivity contribution in [2.24, 2.45) is 23.3 Å². The van der Waals surface area contributed by atoms with Gasteiger partial charge in [-0.05, 0) is 81.9 Å². The summed E-state index contributed by atoms with van der Waals surface area (Å²) in [5.74, 6) is -4.59. The number of unbranched alkanes of at least 4 members (excludes halogenated alkanes) is 3. The van der Waals surface area contributed by atoms with Gasteiger partial charge in [-0.2, -0.15) is 11.8 Å². The van der Waals surface area contributed by atoms with E-state index in [2.05, 4.69) is 47.5 Å². The third kappa shape index (κ3) is 17.8. The van der Waals surface area contributed by atoms with E-state index in [4.69, 9.17) is 11.5 Å². The molecule has 2 aromatic rings. The molecule has 3 aliphatic rings. The van der Waals surface area contributed by atoms with Gasteiger partial charge in [0, 0.05) is 59.8 Å². The van der Waals surface area contributed by atoms with Gasteiger partial charge < -0.3 is 59.0 Å². The molecule has 15 N–H and O–H groups in total. The number of aromatic amines is 1. The van der Waals surface area contributed by atoms with Crippen LogP contribution in [-0.4, -0.2) is 131 Å². The lowest BCUT2D eigenvalue weighted by atomic mass is 9.89. The maximum atomic E-state index is 14.1. The highest BCUT2D eigenvalue weighted by atomic mass is 32.2. The monoisotopic (exact) mass is 997 g/mol. The molecule has 0 spiro atoms. The number of thioether (sulfide) groups is 1. The van der Waals surface area contributed by atoms with Crippen molar-refractivity contribution >= 4 is 76.0 Å². The maximum absolute atomic E-state index is 14.1. The van der Waals surface area contributed by atoms with E-state index < -0.39 is 78.5 Å². The lowest BCUT2D eigenvalue weighted by molar-refractivity contribution is -0.137. The second kappa shape index (κ2) is 28.7. The Kier molecular flexibility index (Phi) is 22.5. The fourth-order valence-corrected chi connectivity index (χ4v) is 10.9. The van der Waals surface area contributed by atoms with E-state index in [1.54, 1.807) is 11.7 Å². The number of carbonyl (C=O) groups is 9. The first-order chi connectivity index (χ1) is 33.7. The first-order valence-corrected chi connectivity index (χ1v) is 25.7. The van der Waals surface area contributed by atoms with Crippen LogP contribution in [0.1, 0.15) is 108 Å². The first kappa shape index (κ1) is 55.0. The minimum Gasteiger partial charge on any atom is -0.368 e. The molecule has 70 heavy (non-hydrogen) atoms. The third-order valence-electron chi connectivity index (χ3n) is 13.2. The quantitative estimate of drug-likeness (QED) is 0.0207. The van der Waals surface area contributed by atoms with Gasteiger partial charge in [0.2, 0.25) is 47.3 Å². The van der Waals surface area contributed by atoms with E-state index >= 15 is 0 Å². The van der Waals surface area contributed by atoms with Crippen molar-refractivity contribution in [3.63, 3.8) is 0 Å². The van der Waals surface area contributed by atoms with Crippen LogP contribution in [0.25, 0.3) is 10.9 Å². The van der Waals surface area contributed by atoms with E-state index in [0.717, 1.165) is 61.6 Å². The topological polar surface area (TPSA) is 350 Å². The fraction of sp³-hybridized carbons (Fsp3) is 0.638. The Balaban J connectivity index is 1.07. The Hall–Kier alpha value is -5.94. The molecule has 22 nitrogen and oxygen atoms in total. The minimum atomic E-state index is -1.23. The molecule has 1 aromatic carbocycles. The Morgan fingerprint density at radius 3 is 2.24 bits per heavy atom. The van der Waals surface area contributed by atoms with Gasteiger partial charge in [-0.25, -0.2) is 10.3 Å². The van der Waals surface area contributed by atoms with Crippen LogP contribution in [-0.2, 0) is 44.8 Å². The molecule has 2 saturated heterocycles. The van der Waals surface area contributed by atoms with Crippen LogP contribution in [0.2, 0.25) is 0 Å². The van der Waals surface area contributed by atoms with Gasteiger partial charge in [0.05, 0.1) is 25.2 Å². The number of aromatic nitrogens is 1. The molecule has 5 rings (SSSR count). The highest BCUT2D eigenvalue weighted by molar-refractivity contribution is 8.00. The summed E-state index contributed by atoms with van der Waals surface area (Å²) >= 11 is 1.84. The summed E-state index contributed by atoms with van der Waals surface area (Å²) in [7, 11) is 0. The molecule has 10 amide bonds. The van der Waals surface area contributed by atoms with Crippen molar-refractivity contribution in [3.05, 3.63) is 36.0 Å². The number of hydrogen-bond donors (Lipinski definition) is 13. The number of H-pyrrole nitrogens is 1. The van der Waals surface area contributed by atoms with Crippen LogP contribution in [0.4, 0.5) is 4.79 Å². The first-order valence-electron chi connectivity index (χ1n) is 24.6. The molecular formula is C47H72N12O10S. The number of para-hydroxylation sites is 1. The van der Waals surface area contributed by atoms with E-state index in [0.29, 0.717) is 62.4 Å². The van der Waals surface area contributed by atoms with E-state index in [9.17, 15) is 48.4 Å². The van der Waals surface area contributed by atoms with Gasteiger partial charge in [-0.1, -0.05) is 50.3 Å². The van der Waals surface area contributed by atoms with Crippen LogP contribution < -0.4 is 59.5 Å². The summed E-state index contributed by atoms with van der Waals surface area (Å²) in [4.78, 5) is 119. The Labute approximate surface area is 411 Å². The summed E-state index contributed by atoms with van der Waals surface area (Å²) < 4.78 is 0. The number of urea groups is 1. The van der Waals surface area contributed by atoms with Gasteiger partial charge >= 0.3 is 6.03 Å². The molecule has 1 unspecified atom stereocenters. The second-order valence-electron chi connectivity index (χ2n) is 18.5. The number of hydrogen-bond acceptors (Lipinski definition) is 12. The molecule has 1 saturated carbocycles. The summed E-state index contributed by atoms with van der Waals surface area (Å²) in [6.45, 7) is -0.366. The van der Waals surface area contributed by atoms with Gasteiger partial charge in [-0.3, -0.25) is 43.6 Å². The number of fused-ring (bicyclic) bond motifs is 2. The van der Waals surface area contributed by atoms with E-state index in [1.165, 1.54) is 0 Å². The highest BCUT2D eigenvalue weighted by Gasteiger charge is 2.42. The SMILES string of the molecule is NCCCC[C@H](NC(=O)C(CC(=O)NO)CC1CCCC1)C(=O)N[C@@H](Cc1c[nH]c2ccccc12)C(=O)NCC(=O)NCC(=O)N[C@@H](CCCCNC(=O)CCCC[C@@H]1SC[C@@H]2NC(=O)N[C@@H]21)C(N)=O. The van der Waals surface area contributed by atoms with Crippen LogP contribution >= 0.6 is 11.8 Å². The molecule has 7 atom stereocenters. The average Bonchev–Trinajstić information content (AvgIpc) is 4.16. The molecular weight excluding hydrogens is 925 g/mol. The zero-order valence-electron chi connectivity index (χ0n) is 39.7. The second-order valence-corrected chi connectivity index (χ2v) is 19.8. The Morgan fingerprint density at radius 1 is 0.757 bits per heavy atom. The number of primary amides is 1. The number of nitrogens with one attached hydrogen (secondary N) is 10. The number of hydroxylamine groups is 1. The standard InChI is InChI=1S/C47H72N12O10S/c48-19-9-7-16-34(55-44(65)29(23-39(61)59-69)21-28-11-1-2-12-28)46(67)56-35(22-30-24-51-32-14-4-3-13-31(30)32)45(66)53-25-40(62)52-26-41(63)54-33(43(49)64)15-8-10-20-50-38(60)18-6-5-17-37-42-36(27-70-37)57-47(68)58-42/h3-4,13-14,24,28-29,33-37,42,51,69H,1-2,5-12,15-23,25-27,48H2,(H2,49,64)(H,50,60)(H,52,62)(H,53,66)(H,54,63)(H,55,65)(H,56,67)(H,59,61)(H2,57,58,68)/t29?,33-,34-,35-,36-,37-,42-/m0/s1. The van der Waals surface area contributed by atoms with E-state index in [1.807, 2.05) is 36.0 Å². The number of carbonyl (C=O) groups excluding carboxylic acids is 9. The van der Waals surface area contributed by atoms with Crippen molar-refractivity contribution in [2.45, 2.75) is 145 Å². The zero-order chi connectivity index (χ0) is 50.4. The molecule has 3 heterocycles. The molecule has 0 bridgehead atoms. The summed E-state index contributed by atoms with van der Waals surface area (Å²) in [6.07, 6.45) is 11.0. The average molecular weight is 997 g/mol. The van der Waals surface area contributed by atoms with Gasteiger partial charge in [0.1, 0.15) is 18.1 Å². The van der Waals surface area contributed by atoms with Crippen molar-refractivity contribution in [3.8, 4) is 0 Å². The van der Waals surface area contributed by atoms with E-state index in [-0.39, 0.29) is 55.6 Å². The Bertz CT molecular complexity index is 2120. The third-order valence-corrected chi connectivity index (χ3v) is 14.7. The number of rotatable bonds is 31. The predicted molar refractivity (Wildman–Crippen MR) is 261 cm³/mol. The fourth-order valence-electron chi connectivity index (χ4n) is 9.38. The molecule has 1 aliphatic carbocycles. The lowest BCUT2D eigenvalue weighted by Crippen LogP contribution is -2.56. The normalized spacial score (nSPS) is 19.1. The Morgan fingerprint density at radius 2 is 1.49 bits per heavy atom. The molecule has 1 aromatic heterocycles. The zero-order valence-corrected chi connectivity index (χ0v) is 40.6. The van der Waals surface area contributed by atoms with Gasteiger partial charge in [-0.15, -0.1) is 0 Å². The molecule has 2 aliphatic heterocycles. The largest absolute Gasteiger partial charge is 0.368 e. The summed E-state index contributed by atoms with van der Waals surface area (Å²) in [5, 5.41) is 32.2. The summed E-state index contributed by atoms with van der Waals surface area (Å²) in [5.41, 5.74) is 14.4. The smallest absolute Gasteiger partial charge is 0.315 e. The lowest BCUT2D eigenvalue weighted by Gasteiger charge is -2.26. The van der Waals surface area contributed by atoms with Crippen molar-refractivity contribution in [1.29, 1.82) is 0 Å².